The number of phenolic OH excluding ortho intramolecular Hbond substituents is 1. The third kappa shape index (κ3) is 11.3. The van der Waals surface area contributed by atoms with Gasteiger partial charge in [-0.3, -0.25) is 9.59 Å². The molecule has 0 bridgehead atoms. The number of aromatic hydroxyl groups is 1. The Morgan fingerprint density at radius 2 is 1.59 bits per heavy atom. The smallest absolute Gasteiger partial charge is 0.408 e. The number of hydrogen-bond acceptors (Lipinski definition) is 5. The molecule has 0 aliphatic rings. The first-order chi connectivity index (χ1) is 20.7. The predicted molar refractivity (Wildman–Crippen MR) is 175 cm³/mol. The maximum absolute atomic E-state index is 14.8. The van der Waals surface area contributed by atoms with Crippen molar-refractivity contribution in [3.8, 4) is 18.1 Å². The maximum Gasteiger partial charge on any atom is 0.408 e. The standard InChI is InChI=1S/C36H51N3O5/c1-10-14-25(5)37-33(41)32(30-16-13-12-15-28(30)11-2)39(26(6)18-17-24(3)4)34(42)31(38-35(43)44-36(7,8)9)23-27-19-21-29(40)22-20-27/h2,12-13,15-16,19-22,24-26,31-32,40H,10,14,17-18,23H2,1,3-9H3,(H,37,41)(H,38,43). The van der Waals surface area contributed by atoms with Crippen LogP contribution in [0.2, 0.25) is 0 Å². The number of nitrogens with zero attached hydrogens (tertiary/aromatic N) is 1. The molecule has 0 spiro atoms. The van der Waals surface area contributed by atoms with Gasteiger partial charge in [0.15, 0.2) is 0 Å². The van der Waals surface area contributed by atoms with E-state index in [1.807, 2.05) is 20.8 Å². The second kappa shape index (κ2) is 16.7. The number of alkyl carbamates (subject to hydrolysis) is 1. The number of benzene rings is 2. The van der Waals surface area contributed by atoms with E-state index < -0.39 is 29.7 Å². The van der Waals surface area contributed by atoms with Crippen molar-refractivity contribution < 1.29 is 24.2 Å². The normalized spacial score (nSPS) is 14.1. The molecule has 0 aliphatic carbocycles. The van der Waals surface area contributed by atoms with Crippen molar-refractivity contribution in [3.05, 3.63) is 65.2 Å². The summed E-state index contributed by atoms with van der Waals surface area (Å²) in [7, 11) is 0. The lowest BCUT2D eigenvalue weighted by Crippen LogP contribution is -2.56. The van der Waals surface area contributed by atoms with Crippen molar-refractivity contribution in [1.29, 1.82) is 0 Å². The van der Waals surface area contributed by atoms with Crippen LogP contribution in [0.25, 0.3) is 0 Å². The zero-order valence-electron chi connectivity index (χ0n) is 27.6. The molecule has 0 fully saturated rings. The van der Waals surface area contributed by atoms with E-state index >= 15 is 0 Å². The minimum Gasteiger partial charge on any atom is -0.508 e. The van der Waals surface area contributed by atoms with Gasteiger partial charge in [-0.15, -0.1) is 6.42 Å². The average Bonchev–Trinajstić information content (AvgIpc) is 2.94. The van der Waals surface area contributed by atoms with Crippen LogP contribution in [-0.4, -0.2) is 51.6 Å². The highest BCUT2D eigenvalue weighted by atomic mass is 16.6. The summed E-state index contributed by atoms with van der Waals surface area (Å²) in [5.74, 6) is 2.38. The minimum atomic E-state index is -1.07. The summed E-state index contributed by atoms with van der Waals surface area (Å²) >= 11 is 0. The molecule has 8 heteroatoms. The lowest BCUT2D eigenvalue weighted by atomic mass is 9.93. The molecule has 44 heavy (non-hydrogen) atoms. The van der Waals surface area contributed by atoms with Crippen LogP contribution in [0.3, 0.4) is 0 Å². The van der Waals surface area contributed by atoms with Crippen LogP contribution in [0.15, 0.2) is 48.5 Å². The predicted octanol–water partition coefficient (Wildman–Crippen LogP) is 6.51. The van der Waals surface area contributed by atoms with E-state index in [0.717, 1.165) is 19.3 Å². The number of phenols is 1. The Kier molecular flexibility index (Phi) is 13.8. The van der Waals surface area contributed by atoms with Crippen LogP contribution in [0.1, 0.15) is 104 Å². The van der Waals surface area contributed by atoms with Crippen molar-refractivity contribution in [2.45, 2.75) is 117 Å². The number of rotatable bonds is 14. The highest BCUT2D eigenvalue weighted by Crippen LogP contribution is 2.30. The molecule has 2 aromatic carbocycles. The Bertz CT molecular complexity index is 1280. The van der Waals surface area contributed by atoms with Gasteiger partial charge in [0.2, 0.25) is 11.8 Å². The lowest BCUT2D eigenvalue weighted by molar-refractivity contribution is -0.145. The molecule has 4 atom stereocenters. The molecule has 4 unspecified atom stereocenters. The third-order valence-electron chi connectivity index (χ3n) is 7.30. The SMILES string of the molecule is C#Cc1ccccc1C(C(=O)NC(C)CCC)N(C(=O)C(Cc1ccc(O)cc1)NC(=O)OC(C)(C)C)C(C)CCC(C)C. The lowest BCUT2D eigenvalue weighted by Gasteiger charge is -2.39. The molecule has 3 N–H and O–H groups in total. The summed E-state index contributed by atoms with van der Waals surface area (Å²) in [6.07, 6.45) is 8.39. The van der Waals surface area contributed by atoms with E-state index in [9.17, 15) is 19.5 Å². The van der Waals surface area contributed by atoms with Gasteiger partial charge in [0.05, 0.1) is 0 Å². The van der Waals surface area contributed by atoms with Crippen molar-refractivity contribution >= 4 is 17.9 Å². The van der Waals surface area contributed by atoms with Crippen molar-refractivity contribution in [3.63, 3.8) is 0 Å². The van der Waals surface area contributed by atoms with Gasteiger partial charge in [0.1, 0.15) is 23.4 Å². The summed E-state index contributed by atoms with van der Waals surface area (Å²) in [4.78, 5) is 43.7. The minimum absolute atomic E-state index is 0.0875. The molecular formula is C36H51N3O5. The van der Waals surface area contributed by atoms with E-state index in [4.69, 9.17) is 11.2 Å². The zero-order chi connectivity index (χ0) is 33.0. The summed E-state index contributed by atoms with van der Waals surface area (Å²) in [6.45, 7) is 15.4. The van der Waals surface area contributed by atoms with E-state index in [2.05, 4.69) is 30.4 Å². The number of carbonyl (C=O) groups is 3. The first-order valence-electron chi connectivity index (χ1n) is 15.6. The Morgan fingerprint density at radius 3 is 2.16 bits per heavy atom. The van der Waals surface area contributed by atoms with Gasteiger partial charge < -0.3 is 25.4 Å². The van der Waals surface area contributed by atoms with Crippen LogP contribution < -0.4 is 10.6 Å². The first-order valence-corrected chi connectivity index (χ1v) is 15.6. The molecule has 240 valence electrons. The van der Waals surface area contributed by atoms with Gasteiger partial charge in [0.25, 0.3) is 0 Å². The second-order valence-electron chi connectivity index (χ2n) is 13.0. The third-order valence-corrected chi connectivity index (χ3v) is 7.30. The van der Waals surface area contributed by atoms with Gasteiger partial charge in [-0.2, -0.15) is 0 Å². The van der Waals surface area contributed by atoms with Crippen LogP contribution in [-0.2, 0) is 20.7 Å². The van der Waals surface area contributed by atoms with Gasteiger partial charge in [0, 0.05) is 24.1 Å². The summed E-state index contributed by atoms with van der Waals surface area (Å²) in [5.41, 5.74) is 0.986. The molecule has 0 aliphatic heterocycles. The fourth-order valence-electron chi connectivity index (χ4n) is 5.12. The number of hydrogen-bond donors (Lipinski definition) is 3. The quantitative estimate of drug-likeness (QED) is 0.213. The van der Waals surface area contributed by atoms with E-state index in [-0.39, 0.29) is 30.2 Å². The monoisotopic (exact) mass is 605 g/mol. The number of carbonyl (C=O) groups excluding carboxylic acids is 3. The molecule has 2 rings (SSSR count). The second-order valence-corrected chi connectivity index (χ2v) is 13.0. The zero-order valence-corrected chi connectivity index (χ0v) is 27.6. The summed E-state index contributed by atoms with van der Waals surface area (Å²) in [6, 6.07) is 11.0. The molecule has 3 amide bonds. The Hall–Kier alpha value is -3.99. The van der Waals surface area contributed by atoms with Crippen LogP contribution in [0.4, 0.5) is 4.79 Å². The Morgan fingerprint density at radius 1 is 0.955 bits per heavy atom. The van der Waals surface area contributed by atoms with Gasteiger partial charge in [-0.05, 0) is 89.1 Å². The van der Waals surface area contributed by atoms with Crippen LogP contribution in [0, 0.1) is 18.3 Å². The van der Waals surface area contributed by atoms with Crippen LogP contribution >= 0.6 is 0 Å². The highest BCUT2D eigenvalue weighted by Gasteiger charge is 2.40. The number of amides is 3. The molecule has 2 aromatic rings. The number of terminal acetylenes is 1. The average molecular weight is 606 g/mol. The van der Waals surface area contributed by atoms with Crippen molar-refractivity contribution in [2.75, 3.05) is 0 Å². The van der Waals surface area contributed by atoms with Gasteiger partial charge in [-0.1, -0.05) is 63.4 Å². The molecule has 0 aromatic heterocycles. The van der Waals surface area contributed by atoms with E-state index in [0.29, 0.717) is 29.0 Å². The fraction of sp³-hybridized carbons (Fsp3) is 0.528. The van der Waals surface area contributed by atoms with Crippen LogP contribution in [0.5, 0.6) is 5.75 Å². The summed E-state index contributed by atoms with van der Waals surface area (Å²) < 4.78 is 5.54. The van der Waals surface area contributed by atoms with E-state index in [1.165, 1.54) is 12.1 Å². The van der Waals surface area contributed by atoms with Crippen molar-refractivity contribution in [1.82, 2.24) is 15.5 Å². The van der Waals surface area contributed by atoms with E-state index in [1.54, 1.807) is 62.1 Å². The number of ether oxygens (including phenoxy) is 1. The maximum atomic E-state index is 14.8. The molecule has 0 saturated carbocycles. The van der Waals surface area contributed by atoms with Gasteiger partial charge >= 0.3 is 6.09 Å². The molecule has 0 saturated heterocycles. The topological polar surface area (TPSA) is 108 Å². The number of nitrogens with one attached hydrogen (secondary N) is 2. The first kappa shape index (κ1) is 36.2. The fourth-order valence-corrected chi connectivity index (χ4v) is 5.12. The largest absolute Gasteiger partial charge is 0.508 e. The Labute approximate surface area is 263 Å². The molecule has 0 heterocycles. The summed E-state index contributed by atoms with van der Waals surface area (Å²) in [5, 5.41) is 15.7. The molecule has 8 nitrogen and oxygen atoms in total. The Balaban J connectivity index is 2.72. The van der Waals surface area contributed by atoms with Gasteiger partial charge in [-0.25, -0.2) is 4.79 Å². The molecule has 0 radical (unpaired) electrons. The molecular weight excluding hydrogens is 554 g/mol. The highest BCUT2D eigenvalue weighted by molar-refractivity contribution is 5.93. The van der Waals surface area contributed by atoms with Crippen molar-refractivity contribution in [2.24, 2.45) is 5.92 Å².